The van der Waals surface area contributed by atoms with Crippen molar-refractivity contribution in [1.82, 2.24) is 15.4 Å². The lowest BCUT2D eigenvalue weighted by molar-refractivity contribution is 0.0919. The smallest absolute Gasteiger partial charge is 0.273 e. The zero-order valence-corrected chi connectivity index (χ0v) is 15.7. The Labute approximate surface area is 158 Å². The van der Waals surface area contributed by atoms with Crippen LogP contribution in [0.3, 0.4) is 0 Å². The lowest BCUT2D eigenvalue weighted by Gasteiger charge is -2.35. The van der Waals surface area contributed by atoms with Gasteiger partial charge in [-0.15, -0.1) is 0 Å². The Morgan fingerprint density at radius 3 is 2.77 bits per heavy atom. The van der Waals surface area contributed by atoms with E-state index in [1.165, 1.54) is 17.9 Å². The molecule has 5 nitrogen and oxygen atoms in total. The molecule has 1 atom stereocenters. The van der Waals surface area contributed by atoms with Gasteiger partial charge in [-0.3, -0.25) is 9.69 Å². The van der Waals surface area contributed by atoms with Crippen LogP contribution in [-0.2, 0) is 0 Å². The molecule has 2 saturated heterocycles. The Kier molecular flexibility index (Phi) is 5.60. The molecular weight excluding hydrogens is 346 g/mol. The van der Waals surface area contributed by atoms with Crippen molar-refractivity contribution in [1.29, 1.82) is 0 Å². The van der Waals surface area contributed by atoms with Crippen LogP contribution in [0, 0.1) is 5.92 Å². The van der Waals surface area contributed by atoms with Crippen LogP contribution in [0.25, 0.3) is 11.3 Å². The van der Waals surface area contributed by atoms with Crippen LogP contribution < -0.4 is 5.32 Å². The molecule has 1 aromatic heterocycles. The zero-order valence-electron chi connectivity index (χ0n) is 14.9. The summed E-state index contributed by atoms with van der Waals surface area (Å²) in [7, 11) is 0. The van der Waals surface area contributed by atoms with Gasteiger partial charge in [0.05, 0.1) is 0 Å². The van der Waals surface area contributed by atoms with Gasteiger partial charge >= 0.3 is 0 Å². The van der Waals surface area contributed by atoms with Crippen LogP contribution in [0.1, 0.15) is 29.8 Å². The first-order valence-corrected chi connectivity index (χ1v) is 10.6. The van der Waals surface area contributed by atoms with E-state index in [1.54, 1.807) is 6.07 Å². The normalized spacial score (nSPS) is 21.8. The number of carbonyl (C=O) groups is 1. The van der Waals surface area contributed by atoms with Crippen molar-refractivity contribution >= 4 is 17.7 Å². The van der Waals surface area contributed by atoms with Crippen molar-refractivity contribution in [3.8, 4) is 11.3 Å². The van der Waals surface area contributed by atoms with Crippen molar-refractivity contribution in [2.45, 2.75) is 25.3 Å². The fourth-order valence-corrected chi connectivity index (χ4v) is 5.04. The molecule has 2 aromatic rings. The van der Waals surface area contributed by atoms with Gasteiger partial charge in [0.15, 0.2) is 11.5 Å². The third kappa shape index (κ3) is 4.13. The van der Waals surface area contributed by atoms with E-state index in [9.17, 15) is 4.79 Å². The predicted molar refractivity (Wildman–Crippen MR) is 104 cm³/mol. The summed E-state index contributed by atoms with van der Waals surface area (Å²) in [5.74, 6) is 3.63. The number of nitrogens with one attached hydrogen (secondary N) is 1. The van der Waals surface area contributed by atoms with Gasteiger partial charge in [-0.2, -0.15) is 11.8 Å². The van der Waals surface area contributed by atoms with Gasteiger partial charge in [-0.1, -0.05) is 35.5 Å². The molecule has 0 bridgehead atoms. The number of amides is 1. The summed E-state index contributed by atoms with van der Waals surface area (Å²) in [6.07, 6.45) is 3.66. The van der Waals surface area contributed by atoms with Crippen LogP contribution in [0.5, 0.6) is 0 Å². The van der Waals surface area contributed by atoms with Crippen LogP contribution in [0.15, 0.2) is 40.9 Å². The molecule has 0 saturated carbocycles. The summed E-state index contributed by atoms with van der Waals surface area (Å²) < 4.78 is 5.32. The first kappa shape index (κ1) is 17.6. The summed E-state index contributed by atoms with van der Waals surface area (Å²) in [4.78, 5) is 15.0. The molecule has 26 heavy (non-hydrogen) atoms. The molecule has 2 aliphatic rings. The van der Waals surface area contributed by atoms with Crippen molar-refractivity contribution in [2.75, 3.05) is 31.1 Å². The fourth-order valence-electron chi connectivity index (χ4n) is 3.78. The Balaban J connectivity index is 1.25. The molecule has 0 unspecified atom stereocenters. The van der Waals surface area contributed by atoms with Gasteiger partial charge in [0.1, 0.15) is 0 Å². The average molecular weight is 372 g/mol. The summed E-state index contributed by atoms with van der Waals surface area (Å²) in [5.41, 5.74) is 1.28. The Morgan fingerprint density at radius 2 is 2.04 bits per heavy atom. The number of benzene rings is 1. The molecule has 0 spiro atoms. The third-order valence-electron chi connectivity index (χ3n) is 5.42. The van der Waals surface area contributed by atoms with E-state index >= 15 is 0 Å². The number of hydrogen-bond acceptors (Lipinski definition) is 5. The monoisotopic (exact) mass is 371 g/mol. The van der Waals surface area contributed by atoms with Crippen LogP contribution in [-0.4, -0.2) is 53.1 Å². The Bertz CT molecular complexity index is 720. The summed E-state index contributed by atoms with van der Waals surface area (Å²) in [6, 6.07) is 12.2. The summed E-state index contributed by atoms with van der Waals surface area (Å²) in [5, 5.41) is 6.96. The maximum Gasteiger partial charge on any atom is 0.273 e. The molecule has 0 aliphatic carbocycles. The van der Waals surface area contributed by atoms with E-state index < -0.39 is 0 Å². The van der Waals surface area contributed by atoms with E-state index in [0.29, 0.717) is 17.4 Å². The number of likely N-dealkylation sites (tertiary alicyclic amines) is 1. The SMILES string of the molecule is O=C(NCC1CCN([C@H]2CCSC2)CC1)c1cc(-c2ccccc2)on1. The van der Waals surface area contributed by atoms with Crippen LogP contribution >= 0.6 is 11.8 Å². The highest BCUT2D eigenvalue weighted by Crippen LogP contribution is 2.26. The van der Waals surface area contributed by atoms with E-state index in [4.69, 9.17) is 4.52 Å². The average Bonchev–Trinajstić information content (AvgIpc) is 3.39. The molecule has 1 amide bonds. The lowest BCUT2D eigenvalue weighted by Crippen LogP contribution is -2.43. The topological polar surface area (TPSA) is 58.4 Å². The van der Waals surface area contributed by atoms with E-state index in [2.05, 4.69) is 27.1 Å². The molecule has 3 heterocycles. The maximum absolute atomic E-state index is 12.4. The molecule has 1 aromatic carbocycles. The lowest BCUT2D eigenvalue weighted by atomic mass is 9.95. The first-order chi connectivity index (χ1) is 12.8. The molecule has 0 radical (unpaired) electrons. The fraction of sp³-hybridized carbons (Fsp3) is 0.500. The summed E-state index contributed by atoms with van der Waals surface area (Å²) in [6.45, 7) is 3.04. The number of piperidine rings is 1. The molecular formula is C20H25N3O2S. The Hall–Kier alpha value is -1.79. The predicted octanol–water partition coefficient (Wildman–Crippen LogP) is 3.29. The van der Waals surface area contributed by atoms with E-state index in [0.717, 1.165) is 44.1 Å². The van der Waals surface area contributed by atoms with Gasteiger partial charge in [-0.25, -0.2) is 0 Å². The van der Waals surface area contributed by atoms with E-state index in [1.807, 2.05) is 30.3 Å². The van der Waals surface area contributed by atoms with Gasteiger partial charge in [-0.05, 0) is 44.0 Å². The van der Waals surface area contributed by atoms with Gasteiger partial charge in [0.25, 0.3) is 5.91 Å². The standard InChI is InChI=1S/C20H25N3O2S/c24-20(18-12-19(25-22-18)16-4-2-1-3-5-16)21-13-15-6-9-23(10-7-15)17-8-11-26-14-17/h1-5,12,15,17H,6-11,13-14H2,(H,21,24)/t17-/m0/s1. The molecule has 2 aliphatic heterocycles. The molecule has 6 heteroatoms. The van der Waals surface area contributed by atoms with Crippen molar-refractivity contribution < 1.29 is 9.32 Å². The number of carbonyl (C=O) groups excluding carboxylic acids is 1. The van der Waals surface area contributed by atoms with Crippen LogP contribution in [0.2, 0.25) is 0 Å². The minimum Gasteiger partial charge on any atom is -0.355 e. The third-order valence-corrected chi connectivity index (χ3v) is 6.57. The molecule has 4 rings (SSSR count). The largest absolute Gasteiger partial charge is 0.355 e. The van der Waals surface area contributed by atoms with Gasteiger partial charge < -0.3 is 9.84 Å². The number of hydrogen-bond donors (Lipinski definition) is 1. The number of nitrogens with zero attached hydrogens (tertiary/aromatic N) is 2. The second-order valence-corrected chi connectivity index (χ2v) is 8.30. The van der Waals surface area contributed by atoms with Crippen LogP contribution in [0.4, 0.5) is 0 Å². The number of aromatic nitrogens is 1. The quantitative estimate of drug-likeness (QED) is 0.874. The van der Waals surface area contributed by atoms with E-state index in [-0.39, 0.29) is 5.91 Å². The van der Waals surface area contributed by atoms with Crippen molar-refractivity contribution in [2.24, 2.45) is 5.92 Å². The highest BCUT2D eigenvalue weighted by molar-refractivity contribution is 7.99. The number of thioether (sulfide) groups is 1. The van der Waals surface area contributed by atoms with Crippen molar-refractivity contribution in [3.63, 3.8) is 0 Å². The highest BCUT2D eigenvalue weighted by Gasteiger charge is 2.27. The highest BCUT2D eigenvalue weighted by atomic mass is 32.2. The minimum absolute atomic E-state index is 0.148. The minimum atomic E-state index is -0.148. The van der Waals surface area contributed by atoms with Gasteiger partial charge in [0.2, 0.25) is 0 Å². The molecule has 1 N–H and O–H groups in total. The molecule has 2 fully saturated rings. The maximum atomic E-state index is 12.4. The first-order valence-electron chi connectivity index (χ1n) is 9.42. The van der Waals surface area contributed by atoms with Crippen molar-refractivity contribution in [3.05, 3.63) is 42.1 Å². The summed E-state index contributed by atoms with van der Waals surface area (Å²) >= 11 is 2.07. The molecule has 138 valence electrons. The Morgan fingerprint density at radius 1 is 1.23 bits per heavy atom. The zero-order chi connectivity index (χ0) is 17.8. The second kappa shape index (κ2) is 8.27. The number of rotatable bonds is 5. The second-order valence-electron chi connectivity index (χ2n) is 7.15. The van der Waals surface area contributed by atoms with Gasteiger partial charge in [0, 0.05) is 30.0 Å².